The number of nitrogens with one attached hydrogen (secondary N) is 1. The molecule has 0 spiro atoms. The van der Waals surface area contributed by atoms with Crippen LogP contribution >= 0.6 is 0 Å². The highest BCUT2D eigenvalue weighted by Crippen LogP contribution is 2.49. The first-order valence-corrected chi connectivity index (χ1v) is 6.25. The maximum atomic E-state index is 11.4. The van der Waals surface area contributed by atoms with Crippen LogP contribution in [0.2, 0.25) is 0 Å². The van der Waals surface area contributed by atoms with Crippen LogP contribution in [-0.2, 0) is 12.0 Å². The van der Waals surface area contributed by atoms with E-state index in [9.17, 15) is 4.79 Å². The highest BCUT2D eigenvalue weighted by atomic mass is 16.1. The number of aromatic amines is 1. The third-order valence-corrected chi connectivity index (χ3v) is 4.07. The molecule has 0 amide bonds. The first kappa shape index (κ1) is 11.4. The molecule has 0 aromatic carbocycles. The Morgan fingerprint density at radius 1 is 1.61 bits per heavy atom. The van der Waals surface area contributed by atoms with Crippen LogP contribution in [0.3, 0.4) is 0 Å². The van der Waals surface area contributed by atoms with Gasteiger partial charge >= 0.3 is 0 Å². The molecule has 3 nitrogen and oxygen atoms in total. The van der Waals surface area contributed by atoms with Crippen LogP contribution in [0, 0.1) is 12.3 Å². The fraction of sp³-hybridized carbons (Fsp3) is 0.333. The van der Waals surface area contributed by atoms with E-state index in [1.54, 1.807) is 6.07 Å². The molecular formula is C15H17N2O-. The second-order valence-electron chi connectivity index (χ2n) is 5.24. The zero-order valence-electron chi connectivity index (χ0n) is 10.5. The second kappa shape index (κ2) is 3.62. The predicted molar refractivity (Wildman–Crippen MR) is 71.9 cm³/mol. The van der Waals surface area contributed by atoms with E-state index in [1.165, 1.54) is 5.57 Å². The van der Waals surface area contributed by atoms with Crippen molar-refractivity contribution in [1.82, 2.24) is 4.98 Å². The van der Waals surface area contributed by atoms with Gasteiger partial charge in [0.2, 0.25) is 5.56 Å². The maximum Gasteiger partial charge on any atom is 0.248 e. The van der Waals surface area contributed by atoms with Crippen molar-refractivity contribution >= 4 is 0 Å². The van der Waals surface area contributed by atoms with Crippen molar-refractivity contribution in [2.24, 2.45) is 11.7 Å². The second-order valence-corrected chi connectivity index (χ2v) is 5.24. The minimum Gasteiger partial charge on any atom is -0.326 e. The summed E-state index contributed by atoms with van der Waals surface area (Å²) in [5.41, 5.74) is 10.4. The molecule has 1 aromatic rings. The van der Waals surface area contributed by atoms with Crippen LogP contribution in [0.1, 0.15) is 24.6 Å². The molecule has 2 atom stereocenters. The van der Waals surface area contributed by atoms with Crippen molar-refractivity contribution in [2.45, 2.75) is 25.3 Å². The summed E-state index contributed by atoms with van der Waals surface area (Å²) in [6, 6.07) is 3.43. The molecule has 3 rings (SSSR count). The van der Waals surface area contributed by atoms with Crippen LogP contribution in [0.25, 0.3) is 0 Å². The van der Waals surface area contributed by atoms with Gasteiger partial charge in [-0.15, -0.1) is 0 Å². The number of fused-ring (bicyclic) bond motifs is 4. The molecule has 1 heterocycles. The van der Waals surface area contributed by atoms with Gasteiger partial charge in [-0.2, -0.15) is 0 Å². The molecule has 1 saturated carbocycles. The number of hydrogen-bond acceptors (Lipinski definition) is 2. The monoisotopic (exact) mass is 241 g/mol. The van der Waals surface area contributed by atoms with E-state index in [-0.39, 0.29) is 11.5 Å². The Morgan fingerprint density at radius 2 is 2.39 bits per heavy atom. The fourth-order valence-electron chi connectivity index (χ4n) is 3.43. The quantitative estimate of drug-likeness (QED) is 0.537. The Hall–Kier alpha value is -1.74. The molecule has 3 heteroatoms. The van der Waals surface area contributed by atoms with Crippen molar-refractivity contribution in [3.05, 3.63) is 64.0 Å². The Morgan fingerprint density at radius 3 is 3.11 bits per heavy atom. The van der Waals surface area contributed by atoms with Crippen molar-refractivity contribution in [3.63, 3.8) is 0 Å². The topological polar surface area (TPSA) is 58.9 Å². The third kappa shape index (κ3) is 1.40. The summed E-state index contributed by atoms with van der Waals surface area (Å²) >= 11 is 0. The molecule has 0 radical (unpaired) electrons. The lowest BCUT2D eigenvalue weighted by Crippen LogP contribution is -2.49. The van der Waals surface area contributed by atoms with Crippen molar-refractivity contribution < 1.29 is 0 Å². The lowest BCUT2D eigenvalue weighted by Gasteiger charge is -2.50. The molecule has 1 unspecified atom stereocenters. The summed E-state index contributed by atoms with van der Waals surface area (Å²) in [5.74, 6) is 0.270. The molecule has 94 valence electrons. The summed E-state index contributed by atoms with van der Waals surface area (Å²) in [4.78, 5) is 14.4. The predicted octanol–water partition coefficient (Wildman–Crippen LogP) is 1.81. The number of nitrogens with two attached hydrogens (primary N) is 1. The molecule has 1 fully saturated rings. The van der Waals surface area contributed by atoms with Crippen LogP contribution < -0.4 is 11.3 Å². The number of allylic oxidation sites excluding steroid dienone is 1. The van der Waals surface area contributed by atoms with Gasteiger partial charge in [0.05, 0.1) is 5.54 Å². The van der Waals surface area contributed by atoms with E-state index in [1.807, 2.05) is 13.0 Å². The molecule has 18 heavy (non-hydrogen) atoms. The molecule has 2 aliphatic carbocycles. The summed E-state index contributed by atoms with van der Waals surface area (Å²) in [5, 5.41) is 0. The van der Waals surface area contributed by atoms with E-state index < -0.39 is 5.54 Å². The van der Waals surface area contributed by atoms with Crippen molar-refractivity contribution in [1.29, 1.82) is 0 Å². The molecule has 0 saturated heterocycles. The Kier molecular flexibility index (Phi) is 2.29. The number of hydrogen-bond donors (Lipinski definition) is 2. The normalized spacial score (nSPS) is 32.0. The zero-order chi connectivity index (χ0) is 12.9. The minimum absolute atomic E-state index is 0.0572. The van der Waals surface area contributed by atoms with Gasteiger partial charge in [0, 0.05) is 11.8 Å². The van der Waals surface area contributed by atoms with Gasteiger partial charge in [0.15, 0.2) is 0 Å². The number of rotatable bonds is 0. The van der Waals surface area contributed by atoms with Crippen LogP contribution in [-0.4, -0.2) is 4.98 Å². The van der Waals surface area contributed by atoms with Gasteiger partial charge in [-0.1, -0.05) is 17.6 Å². The summed E-state index contributed by atoms with van der Waals surface area (Å²) in [7, 11) is 0. The van der Waals surface area contributed by atoms with Gasteiger partial charge in [-0.05, 0) is 31.4 Å². The van der Waals surface area contributed by atoms with Gasteiger partial charge in [0.25, 0.3) is 0 Å². The Labute approximate surface area is 106 Å². The van der Waals surface area contributed by atoms with Crippen molar-refractivity contribution in [3.8, 4) is 0 Å². The first-order valence-electron chi connectivity index (χ1n) is 6.25. The lowest BCUT2D eigenvalue weighted by atomic mass is 9.61. The fourth-order valence-corrected chi connectivity index (χ4v) is 3.43. The van der Waals surface area contributed by atoms with Gasteiger partial charge in [0.1, 0.15) is 0 Å². The van der Waals surface area contributed by atoms with E-state index in [4.69, 9.17) is 5.73 Å². The van der Waals surface area contributed by atoms with Gasteiger partial charge < -0.3 is 10.7 Å². The molecule has 1 aromatic heterocycles. The Bertz CT molecular complexity index is 611. The smallest absolute Gasteiger partial charge is 0.248 e. The first-order chi connectivity index (χ1) is 8.54. The molecule has 3 N–H and O–H groups in total. The molecule has 0 aliphatic heterocycles. The lowest BCUT2D eigenvalue weighted by molar-refractivity contribution is 0.392. The maximum absolute atomic E-state index is 11.4. The minimum atomic E-state index is -0.497. The highest BCUT2D eigenvalue weighted by Gasteiger charge is 2.42. The zero-order valence-corrected chi connectivity index (χ0v) is 10.5. The highest BCUT2D eigenvalue weighted by molar-refractivity contribution is 5.50. The van der Waals surface area contributed by atoms with E-state index in [0.29, 0.717) is 0 Å². The number of pyridine rings is 1. The third-order valence-electron chi connectivity index (χ3n) is 4.07. The standard InChI is InChI=1S/C15H17N2O/c1-3-11-10-6-9(2)8-15(11,16)12-4-5-14(18)17-13(12)7-10/h3-6,10H,2,7-8,16H2,1H3,(H,17,18)/q-1/b11-3+/t10?,15-/m0/s1. The largest absolute Gasteiger partial charge is 0.326 e. The van der Waals surface area contributed by atoms with E-state index >= 15 is 0 Å². The van der Waals surface area contributed by atoms with E-state index in [2.05, 4.69) is 24.1 Å². The van der Waals surface area contributed by atoms with Crippen LogP contribution in [0.15, 0.2) is 40.7 Å². The van der Waals surface area contributed by atoms with Crippen molar-refractivity contribution in [2.75, 3.05) is 0 Å². The summed E-state index contributed by atoms with van der Waals surface area (Å²) in [6.45, 7) is 6.10. The van der Waals surface area contributed by atoms with E-state index in [0.717, 1.165) is 29.7 Å². The summed E-state index contributed by atoms with van der Waals surface area (Å²) in [6.07, 6.45) is 5.82. The van der Waals surface area contributed by atoms with Gasteiger partial charge in [-0.3, -0.25) is 4.79 Å². The molecule has 2 aliphatic rings. The summed E-state index contributed by atoms with van der Waals surface area (Å²) < 4.78 is 0. The van der Waals surface area contributed by atoms with Crippen LogP contribution in [0.4, 0.5) is 0 Å². The molecule has 2 bridgehead atoms. The van der Waals surface area contributed by atoms with Crippen LogP contribution in [0.5, 0.6) is 0 Å². The SMILES string of the molecule is C=C1[CH-]C2Cc3[nH]c(=O)ccc3[C@](N)(C1)/C2=C/C. The van der Waals surface area contributed by atoms with Gasteiger partial charge in [-0.25, -0.2) is 18.6 Å². The number of H-pyrrole nitrogens is 1. The average Bonchev–Trinajstić information content (AvgIpc) is 2.26. The Balaban J connectivity index is 2.26. The molecular weight excluding hydrogens is 224 g/mol. The number of aromatic nitrogens is 1. The average molecular weight is 241 g/mol.